The predicted molar refractivity (Wildman–Crippen MR) is 82.6 cm³/mol. The van der Waals surface area contributed by atoms with Gasteiger partial charge in [-0.25, -0.2) is 4.98 Å². The smallest absolute Gasteiger partial charge is 0.233 e. The van der Waals surface area contributed by atoms with Gasteiger partial charge < -0.3 is 15.5 Å². The summed E-state index contributed by atoms with van der Waals surface area (Å²) in [5.41, 5.74) is 6.53. The fraction of sp³-hybridized carbons (Fsp3) is 0.643. The average molecular weight is 310 g/mol. The van der Waals surface area contributed by atoms with E-state index < -0.39 is 0 Å². The van der Waals surface area contributed by atoms with Crippen molar-refractivity contribution in [2.45, 2.75) is 31.7 Å². The molecule has 1 saturated carbocycles. The Kier molecular flexibility index (Phi) is 3.99. The molecular weight excluding hydrogens is 290 g/mol. The highest BCUT2D eigenvalue weighted by Gasteiger charge is 2.36. The molecule has 0 saturated heterocycles. The van der Waals surface area contributed by atoms with Crippen LogP contribution in [-0.4, -0.2) is 42.1 Å². The first-order valence-corrected chi connectivity index (χ1v) is 7.76. The minimum Gasteiger partial charge on any atom is -0.351 e. The second kappa shape index (κ2) is 5.77. The molecule has 3 rings (SSSR count). The Hall–Kier alpha value is -1.40. The first-order valence-electron chi connectivity index (χ1n) is 7.38. The van der Waals surface area contributed by atoms with E-state index >= 15 is 0 Å². The van der Waals surface area contributed by atoms with Crippen molar-refractivity contribution in [1.82, 2.24) is 9.97 Å². The van der Waals surface area contributed by atoms with Gasteiger partial charge in [-0.3, -0.25) is 4.79 Å². The van der Waals surface area contributed by atoms with E-state index in [0.29, 0.717) is 24.8 Å². The summed E-state index contributed by atoms with van der Waals surface area (Å²) in [7, 11) is 1.75. The molecule has 6 nitrogen and oxygen atoms in total. The lowest BCUT2D eigenvalue weighted by Crippen LogP contribution is -2.43. The second-order valence-electron chi connectivity index (χ2n) is 5.77. The molecule has 1 aromatic heterocycles. The van der Waals surface area contributed by atoms with Crippen molar-refractivity contribution in [2.75, 3.05) is 29.9 Å². The lowest BCUT2D eigenvalue weighted by atomic mass is 10.1. The van der Waals surface area contributed by atoms with Crippen LogP contribution in [0.4, 0.5) is 11.5 Å². The Morgan fingerprint density at radius 3 is 2.81 bits per heavy atom. The van der Waals surface area contributed by atoms with Crippen LogP contribution in [-0.2, 0) is 4.79 Å². The molecule has 0 spiro atoms. The van der Waals surface area contributed by atoms with Crippen molar-refractivity contribution < 1.29 is 4.79 Å². The molecule has 2 heterocycles. The van der Waals surface area contributed by atoms with Crippen molar-refractivity contribution in [2.24, 2.45) is 11.7 Å². The van der Waals surface area contributed by atoms with E-state index in [4.69, 9.17) is 17.3 Å². The third-order valence-electron chi connectivity index (χ3n) is 4.50. The van der Waals surface area contributed by atoms with Gasteiger partial charge in [-0.2, -0.15) is 4.98 Å². The molecule has 114 valence electrons. The Bertz CT molecular complexity index is 546. The first-order chi connectivity index (χ1) is 10.1. The Balaban J connectivity index is 2.07. The maximum absolute atomic E-state index is 12.5. The van der Waals surface area contributed by atoms with E-state index in [1.165, 1.54) is 12.8 Å². The zero-order chi connectivity index (χ0) is 15.0. The molecule has 2 aliphatic rings. The summed E-state index contributed by atoms with van der Waals surface area (Å²) in [5, 5.41) is 0.212. The molecule has 0 bridgehead atoms. The maximum Gasteiger partial charge on any atom is 0.233 e. The lowest BCUT2D eigenvalue weighted by Gasteiger charge is -2.31. The summed E-state index contributed by atoms with van der Waals surface area (Å²) in [5.74, 6) is 0.558. The third kappa shape index (κ3) is 2.58. The van der Waals surface area contributed by atoms with Crippen molar-refractivity contribution in [3.63, 3.8) is 0 Å². The summed E-state index contributed by atoms with van der Waals surface area (Å²) in [6.07, 6.45) is 6.30. The molecule has 0 aromatic carbocycles. The largest absolute Gasteiger partial charge is 0.351 e. The number of rotatable bonds is 2. The van der Waals surface area contributed by atoms with E-state index in [1.54, 1.807) is 18.1 Å². The molecule has 7 heteroatoms. The van der Waals surface area contributed by atoms with E-state index in [0.717, 1.165) is 18.7 Å². The maximum atomic E-state index is 12.5. The van der Waals surface area contributed by atoms with Crippen LogP contribution in [0.25, 0.3) is 0 Å². The lowest BCUT2D eigenvalue weighted by molar-refractivity contribution is -0.121. The Morgan fingerprint density at radius 2 is 2.14 bits per heavy atom. The number of halogens is 1. The fourth-order valence-corrected chi connectivity index (χ4v) is 3.43. The highest BCUT2D eigenvalue weighted by molar-refractivity contribution is 6.28. The number of carbonyl (C=O) groups excluding carboxylic acids is 1. The fourth-order valence-electron chi connectivity index (χ4n) is 3.30. The number of aromatic nitrogens is 2. The molecule has 21 heavy (non-hydrogen) atoms. The predicted octanol–water partition coefficient (Wildman–Crippen LogP) is 1.43. The van der Waals surface area contributed by atoms with Crippen molar-refractivity contribution in [3.05, 3.63) is 11.5 Å². The van der Waals surface area contributed by atoms with E-state index in [1.807, 2.05) is 0 Å². The van der Waals surface area contributed by atoms with E-state index in [-0.39, 0.29) is 17.1 Å². The standard InChI is InChI=1S/C14H20ClN5O/c1-19-11-7-17-14(15)18-12(11)20(10-4-2-3-5-10)8-9(6-16)13(19)21/h7,9-10H,2-6,8,16H2,1H3. The van der Waals surface area contributed by atoms with Gasteiger partial charge in [0.05, 0.1) is 12.1 Å². The topological polar surface area (TPSA) is 75.3 Å². The first kappa shape index (κ1) is 14.5. The zero-order valence-corrected chi connectivity index (χ0v) is 12.9. The van der Waals surface area contributed by atoms with Crippen molar-refractivity contribution in [3.8, 4) is 0 Å². The number of nitrogens with zero attached hydrogens (tertiary/aromatic N) is 4. The number of amides is 1. The summed E-state index contributed by atoms with van der Waals surface area (Å²) in [6.45, 7) is 0.937. The number of carbonyl (C=O) groups is 1. The highest BCUT2D eigenvalue weighted by atomic mass is 35.5. The van der Waals surface area contributed by atoms with Gasteiger partial charge in [0.1, 0.15) is 5.69 Å². The number of hydrogen-bond acceptors (Lipinski definition) is 5. The number of nitrogens with two attached hydrogens (primary N) is 1. The Labute approximate surface area is 129 Å². The van der Waals surface area contributed by atoms with Gasteiger partial charge in [0.15, 0.2) is 5.82 Å². The minimum atomic E-state index is -0.219. The summed E-state index contributed by atoms with van der Waals surface area (Å²) >= 11 is 5.98. The highest BCUT2D eigenvalue weighted by Crippen LogP contribution is 2.36. The quantitative estimate of drug-likeness (QED) is 0.836. The molecule has 1 unspecified atom stereocenters. The van der Waals surface area contributed by atoms with Gasteiger partial charge >= 0.3 is 0 Å². The van der Waals surface area contributed by atoms with Gasteiger partial charge in [0, 0.05) is 26.2 Å². The van der Waals surface area contributed by atoms with E-state index in [2.05, 4.69) is 14.9 Å². The number of anilines is 2. The van der Waals surface area contributed by atoms with Crippen molar-refractivity contribution in [1.29, 1.82) is 0 Å². The molecule has 1 aliphatic carbocycles. The van der Waals surface area contributed by atoms with Crippen LogP contribution < -0.4 is 15.5 Å². The minimum absolute atomic E-state index is 0.0187. The van der Waals surface area contributed by atoms with Gasteiger partial charge in [0.2, 0.25) is 11.2 Å². The Morgan fingerprint density at radius 1 is 1.43 bits per heavy atom. The monoisotopic (exact) mass is 309 g/mol. The molecule has 1 fully saturated rings. The summed E-state index contributed by atoms with van der Waals surface area (Å²) in [4.78, 5) is 24.8. The van der Waals surface area contributed by atoms with Gasteiger partial charge in [-0.15, -0.1) is 0 Å². The van der Waals surface area contributed by atoms with Crippen LogP contribution in [0.5, 0.6) is 0 Å². The van der Waals surface area contributed by atoms with Crippen LogP contribution in [0.3, 0.4) is 0 Å². The summed E-state index contributed by atoms with van der Waals surface area (Å²) < 4.78 is 0. The van der Waals surface area contributed by atoms with Gasteiger partial charge in [-0.1, -0.05) is 12.8 Å². The van der Waals surface area contributed by atoms with E-state index in [9.17, 15) is 4.79 Å². The molecule has 0 radical (unpaired) electrons. The SMILES string of the molecule is CN1C(=O)C(CN)CN(C2CCCC2)c2nc(Cl)ncc21. The van der Waals surface area contributed by atoms with Crippen LogP contribution in [0.1, 0.15) is 25.7 Å². The van der Waals surface area contributed by atoms with Gasteiger partial charge in [-0.05, 0) is 24.4 Å². The molecule has 1 aromatic rings. The molecule has 1 aliphatic heterocycles. The van der Waals surface area contributed by atoms with Crippen LogP contribution >= 0.6 is 11.6 Å². The molecular formula is C14H20ClN5O. The van der Waals surface area contributed by atoms with Crippen LogP contribution in [0.15, 0.2) is 6.20 Å². The molecule has 1 atom stereocenters. The van der Waals surface area contributed by atoms with Gasteiger partial charge in [0.25, 0.3) is 0 Å². The van der Waals surface area contributed by atoms with Crippen LogP contribution in [0, 0.1) is 5.92 Å². The average Bonchev–Trinajstić information content (AvgIpc) is 2.98. The van der Waals surface area contributed by atoms with Crippen LogP contribution in [0.2, 0.25) is 5.28 Å². The number of hydrogen-bond donors (Lipinski definition) is 1. The zero-order valence-electron chi connectivity index (χ0n) is 12.1. The number of fused-ring (bicyclic) bond motifs is 1. The summed E-state index contributed by atoms with van der Waals surface area (Å²) in [6, 6.07) is 0.406. The third-order valence-corrected chi connectivity index (χ3v) is 4.68. The second-order valence-corrected chi connectivity index (χ2v) is 6.11. The van der Waals surface area contributed by atoms with Crippen molar-refractivity contribution >= 4 is 29.0 Å². The molecule has 2 N–H and O–H groups in total. The molecule has 1 amide bonds. The normalized spacial score (nSPS) is 23.4.